The Balaban J connectivity index is 1.78. The Kier molecular flexibility index (Phi) is 3.56. The number of likely N-dealkylation sites (N-methyl/N-ethyl adjacent to an activating group) is 1. The van der Waals surface area contributed by atoms with Crippen molar-refractivity contribution in [3.05, 3.63) is 0 Å². The number of amides is 2. The van der Waals surface area contributed by atoms with Crippen molar-refractivity contribution in [3.63, 3.8) is 0 Å². The van der Waals surface area contributed by atoms with Crippen molar-refractivity contribution in [2.75, 3.05) is 20.1 Å². The molecule has 0 radical (unpaired) electrons. The van der Waals surface area contributed by atoms with Crippen LogP contribution in [-0.2, 0) is 9.59 Å². The standard InChI is InChI=1S/C11H19N3O2/c1-14-5-3-2-4-8(14)7-12-9-6-10(15)13-11(9)16/h8-9,12H,2-7H2,1H3,(H,13,15,16). The lowest BCUT2D eigenvalue weighted by atomic mass is 10.0. The molecule has 2 aliphatic rings. The highest BCUT2D eigenvalue weighted by atomic mass is 16.2. The van der Waals surface area contributed by atoms with Gasteiger partial charge in [0.05, 0.1) is 12.5 Å². The van der Waals surface area contributed by atoms with Gasteiger partial charge in [-0.2, -0.15) is 0 Å². The molecule has 2 heterocycles. The van der Waals surface area contributed by atoms with Crippen molar-refractivity contribution in [1.29, 1.82) is 0 Å². The van der Waals surface area contributed by atoms with E-state index in [0.29, 0.717) is 6.04 Å². The van der Waals surface area contributed by atoms with Gasteiger partial charge < -0.3 is 10.2 Å². The fourth-order valence-electron chi connectivity index (χ4n) is 2.40. The zero-order valence-electron chi connectivity index (χ0n) is 9.66. The van der Waals surface area contributed by atoms with E-state index in [9.17, 15) is 9.59 Å². The number of nitrogens with zero attached hydrogens (tertiary/aromatic N) is 1. The second-order valence-corrected chi connectivity index (χ2v) is 4.71. The summed E-state index contributed by atoms with van der Waals surface area (Å²) in [5.74, 6) is -0.344. The Morgan fingerprint density at radius 3 is 2.88 bits per heavy atom. The molecular formula is C11H19N3O2. The van der Waals surface area contributed by atoms with E-state index >= 15 is 0 Å². The van der Waals surface area contributed by atoms with Gasteiger partial charge in [0.1, 0.15) is 0 Å². The Bertz CT molecular complexity index is 293. The molecule has 2 amide bonds. The van der Waals surface area contributed by atoms with Crippen LogP contribution in [-0.4, -0.2) is 48.9 Å². The van der Waals surface area contributed by atoms with E-state index in [0.717, 1.165) is 13.1 Å². The lowest BCUT2D eigenvalue weighted by molar-refractivity contribution is -0.125. The Morgan fingerprint density at radius 2 is 2.25 bits per heavy atom. The molecule has 0 aromatic heterocycles. The summed E-state index contributed by atoms with van der Waals surface area (Å²) >= 11 is 0. The lowest BCUT2D eigenvalue weighted by Gasteiger charge is -2.33. The van der Waals surface area contributed by atoms with Crippen LogP contribution in [0.5, 0.6) is 0 Å². The first-order valence-electron chi connectivity index (χ1n) is 5.94. The highest BCUT2D eigenvalue weighted by Crippen LogP contribution is 2.14. The molecule has 5 nitrogen and oxygen atoms in total. The van der Waals surface area contributed by atoms with Crippen LogP contribution in [0.3, 0.4) is 0 Å². The quantitative estimate of drug-likeness (QED) is 0.634. The molecule has 0 spiro atoms. The number of hydrogen-bond donors (Lipinski definition) is 2. The van der Waals surface area contributed by atoms with Crippen LogP contribution >= 0.6 is 0 Å². The van der Waals surface area contributed by atoms with Gasteiger partial charge in [-0.25, -0.2) is 0 Å². The minimum Gasteiger partial charge on any atom is -0.304 e. The first-order valence-corrected chi connectivity index (χ1v) is 5.94. The van der Waals surface area contributed by atoms with E-state index in [4.69, 9.17) is 0 Å². The number of piperidine rings is 1. The smallest absolute Gasteiger partial charge is 0.244 e. The van der Waals surface area contributed by atoms with E-state index < -0.39 is 0 Å². The van der Waals surface area contributed by atoms with Crippen LogP contribution in [0.2, 0.25) is 0 Å². The van der Waals surface area contributed by atoms with Gasteiger partial charge in [-0.3, -0.25) is 14.9 Å². The maximum Gasteiger partial charge on any atom is 0.244 e. The van der Waals surface area contributed by atoms with Gasteiger partial charge in [0.25, 0.3) is 0 Å². The van der Waals surface area contributed by atoms with Crippen molar-refractivity contribution >= 4 is 11.8 Å². The Labute approximate surface area is 95.6 Å². The average molecular weight is 225 g/mol. The van der Waals surface area contributed by atoms with Crippen LogP contribution in [0.15, 0.2) is 0 Å². The molecule has 0 aliphatic carbocycles. The highest BCUT2D eigenvalue weighted by molar-refractivity contribution is 6.05. The maximum absolute atomic E-state index is 11.3. The Hall–Kier alpha value is -0.940. The molecule has 5 heteroatoms. The van der Waals surface area contributed by atoms with Crippen LogP contribution < -0.4 is 10.6 Å². The summed E-state index contributed by atoms with van der Waals surface area (Å²) in [6, 6.07) is 0.181. The minimum atomic E-state index is -0.317. The average Bonchev–Trinajstić information content (AvgIpc) is 2.56. The monoisotopic (exact) mass is 225 g/mol. The van der Waals surface area contributed by atoms with Crippen molar-refractivity contribution in [3.8, 4) is 0 Å². The topological polar surface area (TPSA) is 61.4 Å². The first-order chi connectivity index (χ1) is 7.66. The minimum absolute atomic E-state index is 0.167. The molecule has 90 valence electrons. The fraction of sp³-hybridized carbons (Fsp3) is 0.818. The van der Waals surface area contributed by atoms with Gasteiger partial charge in [-0.05, 0) is 26.4 Å². The number of hydrogen-bond acceptors (Lipinski definition) is 4. The zero-order valence-corrected chi connectivity index (χ0v) is 9.66. The van der Waals surface area contributed by atoms with Gasteiger partial charge in [-0.15, -0.1) is 0 Å². The van der Waals surface area contributed by atoms with Crippen LogP contribution in [0, 0.1) is 0 Å². The van der Waals surface area contributed by atoms with Gasteiger partial charge in [-0.1, -0.05) is 6.42 Å². The summed E-state index contributed by atoms with van der Waals surface area (Å²) in [6.45, 7) is 1.92. The number of nitrogens with one attached hydrogen (secondary N) is 2. The molecule has 2 N–H and O–H groups in total. The molecule has 2 rings (SSSR count). The summed E-state index contributed by atoms with van der Waals surface area (Å²) in [4.78, 5) is 24.7. The second-order valence-electron chi connectivity index (χ2n) is 4.71. The van der Waals surface area contributed by atoms with E-state index in [2.05, 4.69) is 22.6 Å². The number of carbonyl (C=O) groups is 2. The summed E-state index contributed by atoms with van der Waals surface area (Å²) in [7, 11) is 2.12. The normalized spacial score (nSPS) is 31.8. The lowest BCUT2D eigenvalue weighted by Crippen LogP contribution is -2.47. The fourth-order valence-corrected chi connectivity index (χ4v) is 2.40. The summed E-state index contributed by atoms with van der Waals surface area (Å²) in [5.41, 5.74) is 0. The van der Waals surface area contributed by atoms with Crippen LogP contribution in [0.4, 0.5) is 0 Å². The highest BCUT2D eigenvalue weighted by Gasteiger charge is 2.31. The van der Waals surface area contributed by atoms with E-state index in [-0.39, 0.29) is 24.3 Å². The number of carbonyl (C=O) groups excluding carboxylic acids is 2. The summed E-state index contributed by atoms with van der Waals surface area (Å²) < 4.78 is 0. The molecule has 2 atom stereocenters. The van der Waals surface area contributed by atoms with Gasteiger partial charge in [0.2, 0.25) is 11.8 Å². The van der Waals surface area contributed by atoms with E-state index in [1.165, 1.54) is 19.3 Å². The van der Waals surface area contributed by atoms with Crippen molar-refractivity contribution in [2.45, 2.75) is 37.8 Å². The van der Waals surface area contributed by atoms with Gasteiger partial charge in [0.15, 0.2) is 0 Å². The molecule has 0 bridgehead atoms. The predicted molar refractivity (Wildman–Crippen MR) is 59.8 cm³/mol. The van der Waals surface area contributed by atoms with Crippen molar-refractivity contribution < 1.29 is 9.59 Å². The molecule has 2 fully saturated rings. The van der Waals surface area contributed by atoms with Crippen LogP contribution in [0.25, 0.3) is 0 Å². The summed E-state index contributed by atoms with van der Waals surface area (Å²) in [5, 5.41) is 5.50. The molecular weight excluding hydrogens is 206 g/mol. The molecule has 2 unspecified atom stereocenters. The number of rotatable bonds is 3. The summed E-state index contributed by atoms with van der Waals surface area (Å²) in [6.07, 6.45) is 3.98. The second kappa shape index (κ2) is 4.93. The van der Waals surface area contributed by atoms with Gasteiger partial charge in [0, 0.05) is 12.6 Å². The third-order valence-corrected chi connectivity index (χ3v) is 3.49. The number of likely N-dealkylation sites (tertiary alicyclic amines) is 1. The zero-order chi connectivity index (χ0) is 11.5. The molecule has 0 aromatic carbocycles. The van der Waals surface area contributed by atoms with Crippen LogP contribution in [0.1, 0.15) is 25.7 Å². The third kappa shape index (κ3) is 2.59. The predicted octanol–water partition coefficient (Wildman–Crippen LogP) is -0.525. The van der Waals surface area contributed by atoms with Crippen molar-refractivity contribution in [2.24, 2.45) is 0 Å². The molecule has 0 aromatic rings. The van der Waals surface area contributed by atoms with E-state index in [1.807, 2.05) is 0 Å². The number of imide groups is 1. The molecule has 0 saturated carbocycles. The molecule has 2 aliphatic heterocycles. The Morgan fingerprint density at radius 1 is 1.44 bits per heavy atom. The largest absolute Gasteiger partial charge is 0.304 e. The molecule has 2 saturated heterocycles. The first kappa shape index (κ1) is 11.5. The maximum atomic E-state index is 11.3. The SMILES string of the molecule is CN1CCCCC1CNC1CC(=O)NC1=O. The van der Waals surface area contributed by atoms with E-state index in [1.54, 1.807) is 0 Å². The van der Waals surface area contributed by atoms with Crippen molar-refractivity contribution in [1.82, 2.24) is 15.5 Å². The third-order valence-electron chi connectivity index (χ3n) is 3.49. The molecule has 16 heavy (non-hydrogen) atoms. The van der Waals surface area contributed by atoms with Gasteiger partial charge >= 0.3 is 0 Å².